The molecule has 1 aromatic carbocycles. The lowest BCUT2D eigenvalue weighted by molar-refractivity contribution is -0.385. The van der Waals surface area contributed by atoms with Crippen molar-refractivity contribution in [1.29, 1.82) is 0 Å². The molecule has 32 heavy (non-hydrogen) atoms. The Kier molecular flexibility index (Phi) is 7.10. The average Bonchev–Trinajstić information content (AvgIpc) is 3.22. The van der Waals surface area contributed by atoms with Crippen molar-refractivity contribution in [3.8, 4) is 0 Å². The average molecular weight is 476 g/mol. The number of nitrogens with zero attached hydrogens (tertiary/aromatic N) is 3. The number of nitro benzene ring substituents is 1. The highest BCUT2D eigenvalue weighted by Gasteiger charge is 2.35. The molecule has 0 aliphatic carbocycles. The number of aromatic amines is 1. The summed E-state index contributed by atoms with van der Waals surface area (Å²) in [5.41, 5.74) is -1.55. The summed E-state index contributed by atoms with van der Waals surface area (Å²) in [7, 11) is -2.56. The summed E-state index contributed by atoms with van der Waals surface area (Å²) in [6, 6.07) is 6.45. The van der Waals surface area contributed by atoms with E-state index in [0.29, 0.717) is 25.3 Å². The van der Waals surface area contributed by atoms with Gasteiger partial charge in [0.25, 0.3) is 11.6 Å². The van der Waals surface area contributed by atoms with Crippen LogP contribution >= 0.6 is 10.6 Å². The molecule has 1 aliphatic heterocycles. The number of amides is 1. The Morgan fingerprint density at radius 1 is 1.28 bits per heavy atom. The smallest absolute Gasteiger partial charge is 0.333 e. The van der Waals surface area contributed by atoms with Crippen molar-refractivity contribution in [1.82, 2.24) is 15.1 Å². The normalized spacial score (nSPS) is 17.7. The van der Waals surface area contributed by atoms with Crippen molar-refractivity contribution in [3.05, 3.63) is 57.4 Å². The maximum absolute atomic E-state index is 13.0. The van der Waals surface area contributed by atoms with Crippen LogP contribution in [0.1, 0.15) is 41.0 Å². The van der Waals surface area contributed by atoms with E-state index in [2.05, 4.69) is 5.10 Å². The minimum atomic E-state index is -4.69. The highest BCUT2D eigenvalue weighted by Crippen LogP contribution is 2.46. The zero-order valence-corrected chi connectivity index (χ0v) is 17.7. The van der Waals surface area contributed by atoms with Gasteiger partial charge in [-0.2, -0.15) is 28.9 Å². The Labute approximate surface area is 183 Å². The van der Waals surface area contributed by atoms with Gasteiger partial charge in [-0.15, -0.1) is 0 Å². The van der Waals surface area contributed by atoms with E-state index in [1.165, 1.54) is 23.1 Å². The first-order valence-corrected chi connectivity index (χ1v) is 11.7. The molecule has 0 spiro atoms. The van der Waals surface area contributed by atoms with E-state index in [1.807, 2.05) is 0 Å². The molecule has 1 saturated heterocycles. The predicted octanol–water partition coefficient (Wildman–Crippen LogP) is 4.53. The van der Waals surface area contributed by atoms with E-state index in [-0.39, 0.29) is 41.8 Å². The molecule has 2 aromatic rings. The van der Waals surface area contributed by atoms with Crippen LogP contribution in [0.15, 0.2) is 30.3 Å². The molecule has 1 amide bonds. The van der Waals surface area contributed by atoms with Gasteiger partial charge in [0.15, 0.2) is 5.69 Å². The second kappa shape index (κ2) is 9.46. The molecule has 3 rings (SSSR count). The number of hydrogen-bond acceptors (Lipinski definition) is 6. The molecule has 9 nitrogen and oxygen atoms in total. The van der Waals surface area contributed by atoms with Crippen LogP contribution in [-0.4, -0.2) is 53.1 Å². The number of H-pyrrole nitrogens is 1. The summed E-state index contributed by atoms with van der Waals surface area (Å²) < 4.78 is 58.2. The van der Waals surface area contributed by atoms with Crippen LogP contribution in [-0.2, 0) is 12.7 Å². The number of aromatic nitrogens is 2. The van der Waals surface area contributed by atoms with Gasteiger partial charge in [0.1, 0.15) is 5.69 Å². The summed E-state index contributed by atoms with van der Waals surface area (Å²) in [6.45, 7) is -0.0466. The quantitative estimate of drug-likeness (QED) is 0.397. The van der Waals surface area contributed by atoms with Gasteiger partial charge in [-0.05, 0) is 25.2 Å². The molecular weight excluding hydrogens is 453 g/mol. The molecule has 0 atom stereocenters. The Balaban J connectivity index is 1.80. The fraction of sp³-hybridized carbons (Fsp3) is 0.474. The number of carbonyl (C=O) groups is 1. The van der Waals surface area contributed by atoms with Gasteiger partial charge >= 0.3 is 6.18 Å². The minimum Gasteiger partial charge on any atom is -0.333 e. The van der Waals surface area contributed by atoms with Crippen LogP contribution in [0.3, 0.4) is 0 Å². The Morgan fingerprint density at radius 2 is 1.94 bits per heavy atom. The van der Waals surface area contributed by atoms with Crippen LogP contribution in [0, 0.1) is 16.0 Å². The van der Waals surface area contributed by atoms with Gasteiger partial charge in [0, 0.05) is 35.7 Å². The van der Waals surface area contributed by atoms with Gasteiger partial charge in [-0.1, -0.05) is 18.2 Å². The third-order valence-corrected chi connectivity index (χ3v) is 7.23. The number of nitro groups is 1. The molecule has 2 heterocycles. The summed E-state index contributed by atoms with van der Waals surface area (Å²) in [6.07, 6.45) is -3.12. The minimum absolute atomic E-state index is 0.0981. The molecule has 13 heteroatoms. The number of nitrogens with one attached hydrogen (secondary N) is 1. The van der Waals surface area contributed by atoms with Crippen molar-refractivity contribution in [3.63, 3.8) is 0 Å². The van der Waals surface area contributed by atoms with Crippen molar-refractivity contribution in [2.24, 2.45) is 5.92 Å². The number of carbonyl (C=O) groups excluding carboxylic acids is 1. The van der Waals surface area contributed by atoms with E-state index in [9.17, 15) is 37.2 Å². The summed E-state index contributed by atoms with van der Waals surface area (Å²) in [5.74, 6) is -0.148. The van der Waals surface area contributed by atoms with Crippen molar-refractivity contribution < 1.29 is 32.0 Å². The Morgan fingerprint density at radius 3 is 2.53 bits per heavy atom. The van der Waals surface area contributed by atoms with Crippen LogP contribution in [0.5, 0.6) is 0 Å². The highest BCUT2D eigenvalue weighted by atomic mass is 32.3. The van der Waals surface area contributed by atoms with Gasteiger partial charge in [-0.3, -0.25) is 29.1 Å². The second-order valence-corrected chi connectivity index (χ2v) is 10.1. The first kappa shape index (κ1) is 24.0. The topological polar surface area (TPSA) is 133 Å². The molecular formula is C19H23F3N4O5S. The number of benzene rings is 1. The zero-order chi connectivity index (χ0) is 23.5. The van der Waals surface area contributed by atoms with Crippen molar-refractivity contribution in [2.45, 2.75) is 32.0 Å². The van der Waals surface area contributed by atoms with Crippen LogP contribution in [0.25, 0.3) is 0 Å². The molecule has 0 saturated carbocycles. The molecule has 1 aliphatic rings. The summed E-state index contributed by atoms with van der Waals surface area (Å²) >= 11 is 0. The standard InChI is InChI=1S/C19H23F3N4O5S/c20-19(21,22)17-11-15(23-24-17)18(27)25(8-5-13-6-9-32(30,31)10-7-13)12-14-3-1-2-4-16(14)26(28)29/h1-4,11,13,30-31H,5-10,12H2,(H,23,24). The van der Waals surface area contributed by atoms with E-state index >= 15 is 0 Å². The first-order chi connectivity index (χ1) is 15.0. The third-order valence-electron chi connectivity index (χ3n) is 5.45. The SMILES string of the molecule is O=C(c1cc(C(F)(F)F)[nH]n1)N(CCC1CCS(O)(O)CC1)Cc1ccccc1[N+](=O)[O-]. The Hall–Kier alpha value is -2.64. The summed E-state index contributed by atoms with van der Waals surface area (Å²) in [4.78, 5) is 25.0. The maximum Gasteiger partial charge on any atom is 0.432 e. The summed E-state index contributed by atoms with van der Waals surface area (Å²) in [5, 5.41) is 16.6. The number of rotatable bonds is 7. The largest absolute Gasteiger partial charge is 0.432 e. The second-order valence-electron chi connectivity index (χ2n) is 7.72. The maximum atomic E-state index is 13.0. The van der Waals surface area contributed by atoms with Crippen molar-refractivity contribution in [2.75, 3.05) is 18.1 Å². The molecule has 1 aromatic heterocycles. The first-order valence-electron chi connectivity index (χ1n) is 9.84. The molecule has 3 N–H and O–H groups in total. The molecule has 176 valence electrons. The fourth-order valence-corrected chi connectivity index (χ4v) is 5.23. The highest BCUT2D eigenvalue weighted by molar-refractivity contribution is 8.24. The van der Waals surface area contributed by atoms with E-state index in [4.69, 9.17) is 0 Å². The van der Waals surface area contributed by atoms with Gasteiger partial charge in [0.2, 0.25) is 0 Å². The van der Waals surface area contributed by atoms with Gasteiger partial charge < -0.3 is 4.90 Å². The predicted molar refractivity (Wildman–Crippen MR) is 111 cm³/mol. The third kappa shape index (κ3) is 5.99. The van der Waals surface area contributed by atoms with E-state index in [1.54, 1.807) is 11.2 Å². The molecule has 1 fully saturated rings. The van der Waals surface area contributed by atoms with Crippen LogP contribution in [0.2, 0.25) is 0 Å². The van der Waals surface area contributed by atoms with Crippen molar-refractivity contribution >= 4 is 22.2 Å². The number of alkyl halides is 3. The number of halogens is 3. The van der Waals surface area contributed by atoms with Crippen LogP contribution in [0.4, 0.5) is 18.9 Å². The fourth-order valence-electron chi connectivity index (χ4n) is 3.60. The lowest BCUT2D eigenvalue weighted by Gasteiger charge is -2.39. The lowest BCUT2D eigenvalue weighted by atomic mass is 9.98. The van der Waals surface area contributed by atoms with Gasteiger partial charge in [-0.25, -0.2) is 0 Å². The molecule has 0 bridgehead atoms. The number of hydrogen-bond donors (Lipinski definition) is 3. The van der Waals surface area contributed by atoms with E-state index < -0.39 is 39.0 Å². The van der Waals surface area contributed by atoms with E-state index in [0.717, 1.165) is 0 Å². The molecule has 0 unspecified atom stereocenters. The lowest BCUT2D eigenvalue weighted by Crippen LogP contribution is -2.34. The van der Waals surface area contributed by atoms with Crippen LogP contribution < -0.4 is 0 Å². The molecule has 0 radical (unpaired) electrons. The number of para-hydroxylation sites is 1. The van der Waals surface area contributed by atoms with Gasteiger partial charge in [0.05, 0.1) is 11.5 Å². The monoisotopic (exact) mass is 476 g/mol. The Bertz CT molecular complexity index is 972. The zero-order valence-electron chi connectivity index (χ0n) is 16.9.